The van der Waals surface area contributed by atoms with Crippen LogP contribution in [0.3, 0.4) is 0 Å². The number of nitrogens with one attached hydrogen (secondary N) is 1. The number of ether oxygens (including phenoxy) is 1. The highest BCUT2D eigenvalue weighted by Gasteiger charge is 2.25. The average molecular weight is 286 g/mol. The van der Waals surface area contributed by atoms with Gasteiger partial charge in [-0.25, -0.2) is 15.0 Å². The number of anilines is 2. The highest BCUT2D eigenvalue weighted by Crippen LogP contribution is 2.19. The summed E-state index contributed by atoms with van der Waals surface area (Å²) in [6.45, 7) is 3.68. The van der Waals surface area contributed by atoms with E-state index in [0.29, 0.717) is 23.8 Å². The SMILES string of the molecule is COc1ccnc(N2CCC(Nc3nccc(C)n3)C2)n1. The van der Waals surface area contributed by atoms with Crippen molar-refractivity contribution < 1.29 is 4.74 Å². The van der Waals surface area contributed by atoms with Crippen molar-refractivity contribution in [1.82, 2.24) is 19.9 Å². The van der Waals surface area contributed by atoms with E-state index in [4.69, 9.17) is 4.74 Å². The monoisotopic (exact) mass is 286 g/mol. The molecule has 1 aliphatic rings. The molecule has 1 fully saturated rings. The molecule has 1 atom stereocenters. The van der Waals surface area contributed by atoms with Gasteiger partial charge in [-0.3, -0.25) is 0 Å². The summed E-state index contributed by atoms with van der Waals surface area (Å²) in [5, 5.41) is 3.36. The van der Waals surface area contributed by atoms with Gasteiger partial charge in [-0.2, -0.15) is 4.98 Å². The Morgan fingerprint density at radius 3 is 2.90 bits per heavy atom. The molecule has 0 bridgehead atoms. The topological polar surface area (TPSA) is 76.1 Å². The summed E-state index contributed by atoms with van der Waals surface area (Å²) in [7, 11) is 1.61. The molecule has 2 aromatic rings. The Labute approximate surface area is 123 Å². The molecule has 21 heavy (non-hydrogen) atoms. The number of hydrogen-bond donors (Lipinski definition) is 1. The Kier molecular flexibility index (Phi) is 3.81. The van der Waals surface area contributed by atoms with Crippen LogP contribution in [-0.2, 0) is 0 Å². The first-order valence-electron chi connectivity index (χ1n) is 6.93. The van der Waals surface area contributed by atoms with Gasteiger partial charge in [0.2, 0.25) is 17.8 Å². The van der Waals surface area contributed by atoms with Crippen LogP contribution in [0.15, 0.2) is 24.5 Å². The van der Waals surface area contributed by atoms with E-state index in [-0.39, 0.29) is 0 Å². The van der Waals surface area contributed by atoms with Gasteiger partial charge in [0.25, 0.3) is 0 Å². The average Bonchev–Trinajstić information content (AvgIpc) is 2.96. The van der Waals surface area contributed by atoms with E-state index in [2.05, 4.69) is 30.2 Å². The summed E-state index contributed by atoms with van der Waals surface area (Å²) in [4.78, 5) is 19.4. The third-order valence-electron chi connectivity index (χ3n) is 3.43. The second-order valence-corrected chi connectivity index (χ2v) is 5.00. The van der Waals surface area contributed by atoms with Gasteiger partial charge in [-0.15, -0.1) is 0 Å². The van der Waals surface area contributed by atoms with E-state index in [1.807, 2.05) is 13.0 Å². The Hall–Kier alpha value is -2.44. The Morgan fingerprint density at radius 1 is 1.24 bits per heavy atom. The fraction of sp³-hybridized carbons (Fsp3) is 0.429. The maximum Gasteiger partial charge on any atom is 0.228 e. The quantitative estimate of drug-likeness (QED) is 0.907. The van der Waals surface area contributed by atoms with E-state index in [9.17, 15) is 0 Å². The molecule has 0 amide bonds. The minimum atomic E-state index is 0.293. The van der Waals surface area contributed by atoms with Crippen molar-refractivity contribution in [1.29, 1.82) is 0 Å². The number of rotatable bonds is 4. The molecule has 110 valence electrons. The third-order valence-corrected chi connectivity index (χ3v) is 3.43. The maximum atomic E-state index is 5.14. The molecule has 3 rings (SSSR count). The summed E-state index contributed by atoms with van der Waals surface area (Å²) in [6.07, 6.45) is 4.48. The molecule has 1 N–H and O–H groups in total. The van der Waals surface area contributed by atoms with Crippen molar-refractivity contribution in [3.05, 3.63) is 30.2 Å². The lowest BCUT2D eigenvalue weighted by molar-refractivity contribution is 0.397. The Balaban J connectivity index is 1.65. The summed E-state index contributed by atoms with van der Waals surface area (Å²) in [5.74, 6) is 1.95. The fourth-order valence-corrected chi connectivity index (χ4v) is 2.36. The van der Waals surface area contributed by atoms with Crippen LogP contribution in [0.5, 0.6) is 5.88 Å². The van der Waals surface area contributed by atoms with Gasteiger partial charge in [0.1, 0.15) is 0 Å². The molecular formula is C14H18N6O. The molecule has 3 heterocycles. The zero-order valence-electron chi connectivity index (χ0n) is 12.2. The van der Waals surface area contributed by atoms with Crippen LogP contribution >= 0.6 is 0 Å². The number of aromatic nitrogens is 4. The smallest absolute Gasteiger partial charge is 0.228 e. The van der Waals surface area contributed by atoms with E-state index < -0.39 is 0 Å². The normalized spacial score (nSPS) is 17.8. The van der Waals surface area contributed by atoms with Crippen LogP contribution in [0.1, 0.15) is 12.1 Å². The first-order chi connectivity index (χ1) is 10.2. The van der Waals surface area contributed by atoms with E-state index in [1.54, 1.807) is 25.6 Å². The van der Waals surface area contributed by atoms with E-state index in [1.165, 1.54) is 0 Å². The van der Waals surface area contributed by atoms with Gasteiger partial charge in [-0.1, -0.05) is 0 Å². The van der Waals surface area contributed by atoms with Gasteiger partial charge < -0.3 is 15.0 Å². The second kappa shape index (κ2) is 5.90. The van der Waals surface area contributed by atoms with E-state index in [0.717, 1.165) is 25.2 Å². The number of nitrogens with zero attached hydrogens (tertiary/aromatic N) is 5. The van der Waals surface area contributed by atoms with Crippen LogP contribution in [-0.4, -0.2) is 46.2 Å². The van der Waals surface area contributed by atoms with Crippen molar-refractivity contribution >= 4 is 11.9 Å². The molecule has 0 aromatic carbocycles. The molecule has 7 nitrogen and oxygen atoms in total. The molecule has 1 aliphatic heterocycles. The molecule has 0 radical (unpaired) electrons. The third kappa shape index (κ3) is 3.18. The molecule has 7 heteroatoms. The predicted molar refractivity (Wildman–Crippen MR) is 79.6 cm³/mol. The van der Waals surface area contributed by atoms with Gasteiger partial charge in [0.15, 0.2) is 0 Å². The second-order valence-electron chi connectivity index (χ2n) is 5.00. The molecule has 2 aromatic heterocycles. The number of hydrogen-bond acceptors (Lipinski definition) is 7. The molecule has 1 saturated heterocycles. The van der Waals surface area contributed by atoms with Crippen LogP contribution in [0.2, 0.25) is 0 Å². The van der Waals surface area contributed by atoms with Crippen molar-refractivity contribution in [2.45, 2.75) is 19.4 Å². The first-order valence-corrected chi connectivity index (χ1v) is 6.93. The van der Waals surface area contributed by atoms with Crippen molar-refractivity contribution in [2.24, 2.45) is 0 Å². The van der Waals surface area contributed by atoms with Crippen molar-refractivity contribution in [3.63, 3.8) is 0 Å². The van der Waals surface area contributed by atoms with Gasteiger partial charge >= 0.3 is 0 Å². The van der Waals surface area contributed by atoms with Gasteiger partial charge in [0, 0.05) is 43.3 Å². The number of aryl methyl sites for hydroxylation is 1. The van der Waals surface area contributed by atoms with Gasteiger partial charge in [-0.05, 0) is 19.4 Å². The highest BCUT2D eigenvalue weighted by molar-refractivity contribution is 5.37. The predicted octanol–water partition coefficient (Wildman–Crippen LogP) is 1.27. The molecule has 0 aliphatic carbocycles. The lowest BCUT2D eigenvalue weighted by Gasteiger charge is -2.17. The van der Waals surface area contributed by atoms with Gasteiger partial charge in [0.05, 0.1) is 7.11 Å². The summed E-state index contributed by atoms with van der Waals surface area (Å²) >= 11 is 0. The standard InChI is InChI=1S/C14H18N6O/c1-10-3-6-15-13(17-10)18-11-5-8-20(9-11)14-16-7-4-12(19-14)21-2/h3-4,6-7,11H,5,8-9H2,1-2H3,(H,15,17,18). The highest BCUT2D eigenvalue weighted by atomic mass is 16.5. The lowest BCUT2D eigenvalue weighted by atomic mass is 10.3. The summed E-state index contributed by atoms with van der Waals surface area (Å²) < 4.78 is 5.14. The summed E-state index contributed by atoms with van der Waals surface area (Å²) in [6, 6.07) is 3.92. The minimum absolute atomic E-state index is 0.293. The van der Waals surface area contributed by atoms with E-state index >= 15 is 0 Å². The summed E-state index contributed by atoms with van der Waals surface area (Å²) in [5.41, 5.74) is 0.957. The largest absolute Gasteiger partial charge is 0.481 e. The fourth-order valence-electron chi connectivity index (χ4n) is 2.36. The Bertz CT molecular complexity index is 620. The maximum absolute atomic E-state index is 5.14. The van der Waals surface area contributed by atoms with Crippen molar-refractivity contribution in [3.8, 4) is 5.88 Å². The molecular weight excluding hydrogens is 268 g/mol. The zero-order valence-corrected chi connectivity index (χ0v) is 12.2. The molecule has 0 saturated carbocycles. The lowest BCUT2D eigenvalue weighted by Crippen LogP contribution is -2.27. The zero-order chi connectivity index (χ0) is 14.7. The van der Waals surface area contributed by atoms with Crippen molar-refractivity contribution in [2.75, 3.05) is 30.4 Å². The Morgan fingerprint density at radius 2 is 2.10 bits per heavy atom. The molecule has 1 unspecified atom stereocenters. The van der Waals surface area contributed by atoms with Crippen LogP contribution < -0.4 is 15.0 Å². The van der Waals surface area contributed by atoms with Crippen LogP contribution in [0, 0.1) is 6.92 Å². The van der Waals surface area contributed by atoms with Crippen LogP contribution in [0.4, 0.5) is 11.9 Å². The number of methoxy groups -OCH3 is 1. The molecule has 0 spiro atoms. The first kappa shape index (κ1) is 13.5. The van der Waals surface area contributed by atoms with Crippen LogP contribution in [0.25, 0.3) is 0 Å². The minimum Gasteiger partial charge on any atom is -0.481 e.